The van der Waals surface area contributed by atoms with Gasteiger partial charge in [0.15, 0.2) is 0 Å². The number of aromatic nitrogens is 1. The zero-order valence-corrected chi connectivity index (χ0v) is 14.6. The molecule has 0 unspecified atom stereocenters. The van der Waals surface area contributed by atoms with Gasteiger partial charge in [-0.3, -0.25) is 14.5 Å². The number of H-pyrrole nitrogens is 1. The molecule has 0 radical (unpaired) electrons. The van der Waals surface area contributed by atoms with Crippen LogP contribution in [0, 0.1) is 0 Å². The lowest BCUT2D eigenvalue weighted by Gasteiger charge is -2.34. The van der Waals surface area contributed by atoms with Crippen LogP contribution in [0.2, 0.25) is 0 Å². The Hall–Kier alpha value is -2.44. The Kier molecular flexibility index (Phi) is 4.38. The third-order valence-corrected chi connectivity index (χ3v) is 5.35. The first-order valence-corrected chi connectivity index (χ1v) is 9.03. The number of likely N-dealkylation sites (tertiary alicyclic amines) is 1. The summed E-state index contributed by atoms with van der Waals surface area (Å²) in [5.41, 5.74) is 1.77. The molecule has 4 rings (SSSR count). The van der Waals surface area contributed by atoms with Gasteiger partial charge >= 0.3 is 0 Å². The summed E-state index contributed by atoms with van der Waals surface area (Å²) < 4.78 is 0. The lowest BCUT2D eigenvalue weighted by molar-refractivity contribution is 0.00799. The zero-order chi connectivity index (χ0) is 18.1. The number of benzene rings is 1. The highest BCUT2D eigenvalue weighted by molar-refractivity contribution is 5.92. The second-order valence-corrected chi connectivity index (χ2v) is 7.36. The fourth-order valence-corrected chi connectivity index (χ4v) is 4.01. The molecule has 2 aromatic rings. The summed E-state index contributed by atoms with van der Waals surface area (Å²) in [6.45, 7) is 3.09. The summed E-state index contributed by atoms with van der Waals surface area (Å²) in [7, 11) is 0. The molecule has 2 aliphatic rings. The summed E-state index contributed by atoms with van der Waals surface area (Å²) in [5.74, 6) is -0.234. The Bertz CT molecular complexity index is 878. The van der Waals surface area contributed by atoms with E-state index in [2.05, 4.69) is 28.1 Å². The van der Waals surface area contributed by atoms with Gasteiger partial charge in [0, 0.05) is 32.2 Å². The molecule has 1 atom stereocenters. The maximum absolute atomic E-state index is 12.6. The van der Waals surface area contributed by atoms with Gasteiger partial charge in [-0.15, -0.1) is 0 Å². The minimum absolute atomic E-state index is 0.234. The van der Waals surface area contributed by atoms with Gasteiger partial charge in [0.25, 0.3) is 5.91 Å². The minimum atomic E-state index is -0.906. The summed E-state index contributed by atoms with van der Waals surface area (Å²) >= 11 is 0. The number of nitrogens with one attached hydrogen (secondary N) is 1. The third-order valence-electron chi connectivity index (χ3n) is 5.35. The van der Waals surface area contributed by atoms with E-state index in [-0.39, 0.29) is 17.2 Å². The first-order chi connectivity index (χ1) is 12.5. The highest BCUT2D eigenvalue weighted by atomic mass is 16.3. The van der Waals surface area contributed by atoms with Crippen LogP contribution >= 0.6 is 0 Å². The molecule has 6 heteroatoms. The Morgan fingerprint density at radius 3 is 2.73 bits per heavy atom. The van der Waals surface area contributed by atoms with Crippen molar-refractivity contribution in [2.45, 2.75) is 25.0 Å². The van der Waals surface area contributed by atoms with Gasteiger partial charge in [0.05, 0.1) is 12.1 Å². The number of hydrogen-bond donors (Lipinski definition) is 2. The average Bonchev–Trinajstić information content (AvgIpc) is 3.03. The molecule has 0 bridgehead atoms. The van der Waals surface area contributed by atoms with E-state index in [4.69, 9.17) is 0 Å². The van der Waals surface area contributed by atoms with Crippen LogP contribution in [0.15, 0.2) is 47.3 Å². The Morgan fingerprint density at radius 2 is 1.92 bits per heavy atom. The van der Waals surface area contributed by atoms with Gasteiger partial charge in [-0.2, -0.15) is 0 Å². The molecule has 136 valence electrons. The SMILES string of the molecule is O=C(c1cccc(=O)[nH]1)N1CC[C@](O)(CN2CCc3ccccc3C2)C1. The van der Waals surface area contributed by atoms with Crippen molar-refractivity contribution in [3.05, 3.63) is 69.6 Å². The van der Waals surface area contributed by atoms with E-state index >= 15 is 0 Å². The molecular formula is C20H23N3O3. The van der Waals surface area contributed by atoms with Crippen LogP contribution in [-0.4, -0.2) is 57.6 Å². The van der Waals surface area contributed by atoms with Crippen molar-refractivity contribution in [2.24, 2.45) is 0 Å². The minimum Gasteiger partial charge on any atom is -0.387 e. The molecule has 6 nitrogen and oxygen atoms in total. The fourth-order valence-electron chi connectivity index (χ4n) is 4.01. The Balaban J connectivity index is 1.41. The molecule has 1 amide bonds. The van der Waals surface area contributed by atoms with Gasteiger partial charge in [-0.1, -0.05) is 30.3 Å². The first-order valence-electron chi connectivity index (χ1n) is 9.03. The highest BCUT2D eigenvalue weighted by Crippen LogP contribution is 2.26. The quantitative estimate of drug-likeness (QED) is 0.863. The van der Waals surface area contributed by atoms with Crippen molar-refractivity contribution in [2.75, 3.05) is 26.2 Å². The maximum atomic E-state index is 12.6. The monoisotopic (exact) mass is 353 g/mol. The number of amides is 1. The molecule has 1 aromatic carbocycles. The van der Waals surface area contributed by atoms with Crippen molar-refractivity contribution in [3.63, 3.8) is 0 Å². The van der Waals surface area contributed by atoms with Crippen molar-refractivity contribution < 1.29 is 9.90 Å². The fraction of sp³-hybridized carbons (Fsp3) is 0.400. The number of β-amino-alcohol motifs (C(OH)–C–C–N with tert-alkyl or cyclic N) is 1. The molecule has 0 spiro atoms. The molecule has 0 saturated carbocycles. The predicted molar refractivity (Wildman–Crippen MR) is 98.0 cm³/mol. The van der Waals surface area contributed by atoms with Crippen molar-refractivity contribution in [1.29, 1.82) is 0 Å². The molecule has 1 saturated heterocycles. The van der Waals surface area contributed by atoms with E-state index in [0.717, 1.165) is 19.5 Å². The van der Waals surface area contributed by atoms with Gasteiger partial charge < -0.3 is 15.0 Å². The summed E-state index contributed by atoms with van der Waals surface area (Å²) in [5, 5.41) is 11.0. The molecule has 2 aliphatic heterocycles. The number of nitrogens with zero attached hydrogens (tertiary/aromatic N) is 2. The highest BCUT2D eigenvalue weighted by Gasteiger charge is 2.40. The zero-order valence-electron chi connectivity index (χ0n) is 14.6. The molecule has 1 fully saturated rings. The first kappa shape index (κ1) is 17.0. The van der Waals surface area contributed by atoms with E-state index in [9.17, 15) is 14.7 Å². The van der Waals surface area contributed by atoms with E-state index in [1.54, 1.807) is 17.0 Å². The van der Waals surface area contributed by atoms with E-state index in [0.29, 0.717) is 26.1 Å². The lowest BCUT2D eigenvalue weighted by atomic mass is 9.97. The number of hydrogen-bond acceptors (Lipinski definition) is 4. The number of aromatic amines is 1. The number of fused-ring (bicyclic) bond motifs is 1. The Labute approximate surface area is 152 Å². The van der Waals surface area contributed by atoms with Crippen molar-refractivity contribution >= 4 is 5.91 Å². The lowest BCUT2D eigenvalue weighted by Crippen LogP contribution is -2.47. The maximum Gasteiger partial charge on any atom is 0.270 e. The van der Waals surface area contributed by atoms with E-state index in [1.807, 2.05) is 6.07 Å². The van der Waals surface area contributed by atoms with Gasteiger partial charge in [-0.25, -0.2) is 0 Å². The van der Waals surface area contributed by atoms with Crippen LogP contribution in [0.3, 0.4) is 0 Å². The molecule has 3 heterocycles. The third kappa shape index (κ3) is 3.43. The van der Waals surface area contributed by atoms with Gasteiger partial charge in [0.2, 0.25) is 5.56 Å². The van der Waals surface area contributed by atoms with Crippen molar-refractivity contribution in [1.82, 2.24) is 14.8 Å². The standard InChI is InChI=1S/C20H23N3O3/c24-18-7-3-6-17(21-18)19(25)23-11-9-20(26,14-23)13-22-10-8-15-4-1-2-5-16(15)12-22/h1-7,26H,8-14H2,(H,21,24)/t20-/m0/s1. The normalized spacial score (nSPS) is 23.0. The number of pyridine rings is 1. The van der Waals surface area contributed by atoms with Crippen LogP contribution in [0.4, 0.5) is 0 Å². The summed E-state index contributed by atoms with van der Waals surface area (Å²) in [6.07, 6.45) is 1.54. The van der Waals surface area contributed by atoms with Crippen LogP contribution in [0.1, 0.15) is 28.0 Å². The van der Waals surface area contributed by atoms with Gasteiger partial charge in [-0.05, 0) is 30.0 Å². The van der Waals surface area contributed by atoms with Crippen LogP contribution < -0.4 is 5.56 Å². The van der Waals surface area contributed by atoms with Gasteiger partial charge in [0.1, 0.15) is 5.69 Å². The smallest absolute Gasteiger partial charge is 0.270 e. The second kappa shape index (κ2) is 6.70. The molecule has 26 heavy (non-hydrogen) atoms. The number of carbonyl (C=O) groups is 1. The van der Waals surface area contributed by atoms with Crippen LogP contribution in [0.25, 0.3) is 0 Å². The topological polar surface area (TPSA) is 76.6 Å². The summed E-state index contributed by atoms with van der Waals surface area (Å²) in [6, 6.07) is 13.0. The number of carbonyl (C=O) groups excluding carboxylic acids is 1. The Morgan fingerprint density at radius 1 is 1.12 bits per heavy atom. The number of rotatable bonds is 3. The molecule has 1 aromatic heterocycles. The summed E-state index contributed by atoms with van der Waals surface area (Å²) in [4.78, 5) is 30.4. The molecule has 0 aliphatic carbocycles. The van der Waals surface area contributed by atoms with Crippen molar-refractivity contribution in [3.8, 4) is 0 Å². The molecular weight excluding hydrogens is 330 g/mol. The second-order valence-electron chi connectivity index (χ2n) is 7.36. The predicted octanol–water partition coefficient (Wildman–Crippen LogP) is 1.01. The number of aliphatic hydroxyl groups is 1. The average molecular weight is 353 g/mol. The van der Waals surface area contributed by atoms with E-state index < -0.39 is 5.60 Å². The van der Waals surface area contributed by atoms with Crippen LogP contribution in [-0.2, 0) is 13.0 Å². The van der Waals surface area contributed by atoms with Crippen LogP contribution in [0.5, 0.6) is 0 Å². The van der Waals surface area contributed by atoms with E-state index in [1.165, 1.54) is 17.2 Å². The molecule has 2 N–H and O–H groups in total. The largest absolute Gasteiger partial charge is 0.387 e.